The summed E-state index contributed by atoms with van der Waals surface area (Å²) in [6.07, 6.45) is 3.03. The summed E-state index contributed by atoms with van der Waals surface area (Å²) in [6, 6.07) is 7.36. The summed E-state index contributed by atoms with van der Waals surface area (Å²) in [7, 11) is -0.935. The van der Waals surface area contributed by atoms with Crippen molar-refractivity contribution in [2.75, 3.05) is 23.5 Å². The highest BCUT2D eigenvalue weighted by Gasteiger charge is 2.05. The fourth-order valence-electron chi connectivity index (χ4n) is 1.13. The van der Waals surface area contributed by atoms with Crippen molar-refractivity contribution >= 4 is 28.2 Å². The molecule has 0 spiro atoms. The second-order valence-corrected chi connectivity index (χ2v) is 5.46. The molecule has 1 rings (SSSR count). The Morgan fingerprint density at radius 2 is 2.14 bits per heavy atom. The minimum Gasteiger partial charge on any atom is -0.398 e. The molecule has 0 saturated carbocycles. The van der Waals surface area contributed by atoms with E-state index in [1.54, 1.807) is 17.8 Å². The molecular weight excluding hydrogens is 214 g/mol. The molecule has 4 heteroatoms. The third-order valence-electron chi connectivity index (χ3n) is 1.84. The molecule has 0 bridgehead atoms. The third kappa shape index (κ3) is 3.35. The van der Waals surface area contributed by atoms with Crippen molar-refractivity contribution in [3.63, 3.8) is 0 Å². The Bertz CT molecular complexity index is 315. The number of thioether (sulfide) groups is 1. The second-order valence-electron chi connectivity index (χ2n) is 2.93. The summed E-state index contributed by atoms with van der Waals surface area (Å²) in [5, 5.41) is 0. The second kappa shape index (κ2) is 6.09. The lowest BCUT2D eigenvalue weighted by atomic mass is 10.3. The predicted octanol–water partition coefficient (Wildman–Crippen LogP) is 2.13. The van der Waals surface area contributed by atoms with Gasteiger partial charge >= 0.3 is 0 Å². The van der Waals surface area contributed by atoms with Crippen LogP contribution in [0.1, 0.15) is 6.42 Å². The first-order chi connectivity index (χ1) is 6.75. The van der Waals surface area contributed by atoms with Gasteiger partial charge in [0.1, 0.15) is 0 Å². The van der Waals surface area contributed by atoms with Gasteiger partial charge in [0.25, 0.3) is 0 Å². The van der Waals surface area contributed by atoms with Crippen molar-refractivity contribution in [1.29, 1.82) is 0 Å². The summed E-state index contributed by atoms with van der Waals surface area (Å²) in [5.74, 6) is 1.76. The Morgan fingerprint density at radius 1 is 1.43 bits per heavy atom. The number of para-hydroxylation sites is 1. The number of nitrogen functional groups attached to an aromatic ring is 1. The smallest absolute Gasteiger partial charge is 0.0617 e. The van der Waals surface area contributed by atoms with E-state index in [-0.39, 0.29) is 0 Å². The van der Waals surface area contributed by atoms with E-state index in [1.807, 2.05) is 18.2 Å². The Kier molecular flexibility index (Phi) is 5.04. The van der Waals surface area contributed by atoms with Crippen LogP contribution in [-0.4, -0.2) is 22.0 Å². The summed E-state index contributed by atoms with van der Waals surface area (Å²) >= 11 is 1.78. The fraction of sp³-hybridized carbons (Fsp3) is 0.400. The van der Waals surface area contributed by atoms with Crippen LogP contribution < -0.4 is 5.73 Å². The standard InChI is InChI=1S/C10H15NOS2/c1-13-7-4-8-14(12)10-6-3-2-5-9(10)11/h2-3,5-6H,4,7-8,11H2,1H3. The molecule has 2 nitrogen and oxygen atoms in total. The van der Waals surface area contributed by atoms with Gasteiger partial charge in [-0.3, -0.25) is 4.21 Å². The molecule has 78 valence electrons. The molecule has 0 aromatic heterocycles. The van der Waals surface area contributed by atoms with Gasteiger partial charge in [0.15, 0.2) is 0 Å². The maximum Gasteiger partial charge on any atom is 0.0617 e. The highest BCUT2D eigenvalue weighted by atomic mass is 32.2. The lowest BCUT2D eigenvalue weighted by molar-refractivity contribution is 0.682. The van der Waals surface area contributed by atoms with Gasteiger partial charge in [0.05, 0.1) is 15.7 Å². The van der Waals surface area contributed by atoms with Gasteiger partial charge in [0.2, 0.25) is 0 Å². The van der Waals surface area contributed by atoms with Crippen LogP contribution in [-0.2, 0) is 10.8 Å². The zero-order chi connectivity index (χ0) is 10.4. The molecule has 1 unspecified atom stereocenters. The number of rotatable bonds is 5. The highest BCUT2D eigenvalue weighted by molar-refractivity contribution is 7.98. The molecule has 0 saturated heterocycles. The number of nitrogens with two attached hydrogens (primary N) is 1. The minimum absolute atomic E-state index is 0.634. The van der Waals surface area contributed by atoms with E-state index in [0.717, 1.165) is 17.1 Å². The van der Waals surface area contributed by atoms with Gasteiger partial charge in [-0.15, -0.1) is 0 Å². The van der Waals surface area contributed by atoms with Crippen LogP contribution in [0.3, 0.4) is 0 Å². The average Bonchev–Trinajstić information content (AvgIpc) is 2.18. The molecule has 0 fully saturated rings. The van der Waals surface area contributed by atoms with Crippen LogP contribution in [0.4, 0.5) is 5.69 Å². The SMILES string of the molecule is CSCCCS(=O)c1ccccc1N. The molecule has 0 amide bonds. The van der Waals surface area contributed by atoms with E-state index < -0.39 is 10.8 Å². The van der Waals surface area contributed by atoms with E-state index in [4.69, 9.17) is 5.73 Å². The van der Waals surface area contributed by atoms with Crippen molar-refractivity contribution in [3.05, 3.63) is 24.3 Å². The van der Waals surface area contributed by atoms with Crippen molar-refractivity contribution in [2.45, 2.75) is 11.3 Å². The number of anilines is 1. The Morgan fingerprint density at radius 3 is 2.79 bits per heavy atom. The van der Waals surface area contributed by atoms with Crippen LogP contribution in [0.25, 0.3) is 0 Å². The average molecular weight is 229 g/mol. The molecule has 14 heavy (non-hydrogen) atoms. The lowest BCUT2D eigenvalue weighted by Crippen LogP contribution is -2.02. The van der Waals surface area contributed by atoms with E-state index in [9.17, 15) is 4.21 Å². The van der Waals surface area contributed by atoms with Crippen LogP contribution in [0.2, 0.25) is 0 Å². The lowest BCUT2D eigenvalue weighted by Gasteiger charge is -2.04. The maximum absolute atomic E-state index is 11.8. The van der Waals surface area contributed by atoms with Gasteiger partial charge < -0.3 is 5.73 Å². The zero-order valence-corrected chi connectivity index (χ0v) is 9.87. The molecule has 2 N–H and O–H groups in total. The normalized spacial score (nSPS) is 12.6. The maximum atomic E-state index is 11.8. The predicted molar refractivity (Wildman–Crippen MR) is 65.1 cm³/mol. The Balaban J connectivity index is 2.56. The van der Waals surface area contributed by atoms with Crippen LogP contribution in [0, 0.1) is 0 Å². The monoisotopic (exact) mass is 229 g/mol. The van der Waals surface area contributed by atoms with Crippen molar-refractivity contribution < 1.29 is 4.21 Å². The first-order valence-electron chi connectivity index (χ1n) is 4.47. The third-order valence-corrected chi connectivity index (χ3v) is 4.06. The molecule has 0 aliphatic heterocycles. The molecule has 1 atom stereocenters. The highest BCUT2D eigenvalue weighted by Crippen LogP contribution is 2.16. The van der Waals surface area contributed by atoms with Gasteiger partial charge in [-0.05, 0) is 30.6 Å². The molecule has 0 aliphatic carbocycles. The van der Waals surface area contributed by atoms with Crippen molar-refractivity contribution in [1.82, 2.24) is 0 Å². The summed E-state index contributed by atoms with van der Waals surface area (Å²) < 4.78 is 11.8. The van der Waals surface area contributed by atoms with Gasteiger partial charge in [-0.1, -0.05) is 12.1 Å². The Hall–Kier alpha value is -0.480. The molecule has 1 aromatic carbocycles. The summed E-state index contributed by atoms with van der Waals surface area (Å²) in [5.41, 5.74) is 6.36. The quantitative estimate of drug-likeness (QED) is 0.621. The summed E-state index contributed by atoms with van der Waals surface area (Å²) in [6.45, 7) is 0. The van der Waals surface area contributed by atoms with E-state index in [0.29, 0.717) is 11.4 Å². The first kappa shape index (κ1) is 11.6. The van der Waals surface area contributed by atoms with E-state index >= 15 is 0 Å². The van der Waals surface area contributed by atoms with Crippen molar-refractivity contribution in [3.8, 4) is 0 Å². The zero-order valence-electron chi connectivity index (χ0n) is 8.23. The first-order valence-corrected chi connectivity index (χ1v) is 7.19. The fourth-order valence-corrected chi connectivity index (χ4v) is 2.94. The van der Waals surface area contributed by atoms with Crippen molar-refractivity contribution in [2.24, 2.45) is 0 Å². The molecule has 0 heterocycles. The topological polar surface area (TPSA) is 43.1 Å². The molecule has 1 aromatic rings. The molecule has 0 aliphatic rings. The number of hydrogen-bond donors (Lipinski definition) is 1. The molecular formula is C10H15NOS2. The number of benzene rings is 1. The van der Waals surface area contributed by atoms with Crippen LogP contribution in [0.15, 0.2) is 29.2 Å². The van der Waals surface area contributed by atoms with Crippen LogP contribution >= 0.6 is 11.8 Å². The molecule has 0 radical (unpaired) electrons. The van der Waals surface area contributed by atoms with E-state index in [2.05, 4.69) is 6.26 Å². The van der Waals surface area contributed by atoms with Gasteiger partial charge in [0, 0.05) is 11.4 Å². The number of hydrogen-bond acceptors (Lipinski definition) is 3. The summed E-state index contributed by atoms with van der Waals surface area (Å²) in [4.78, 5) is 0.772. The van der Waals surface area contributed by atoms with Gasteiger partial charge in [-0.2, -0.15) is 11.8 Å². The minimum atomic E-state index is -0.935. The Labute approximate surface area is 91.7 Å². The largest absolute Gasteiger partial charge is 0.398 e. The van der Waals surface area contributed by atoms with Crippen LogP contribution in [0.5, 0.6) is 0 Å². The van der Waals surface area contributed by atoms with Gasteiger partial charge in [-0.25, -0.2) is 0 Å². The van der Waals surface area contributed by atoms with E-state index in [1.165, 1.54) is 0 Å².